The van der Waals surface area contributed by atoms with Crippen LogP contribution in [0.25, 0.3) is 6.08 Å². The third kappa shape index (κ3) is 4.54. The minimum absolute atomic E-state index is 0.213. The average Bonchev–Trinajstić information content (AvgIpc) is 2.73. The summed E-state index contributed by atoms with van der Waals surface area (Å²) in [6.07, 6.45) is 4.31. The molecule has 2 rings (SSSR count). The van der Waals surface area contributed by atoms with Crippen LogP contribution >= 0.6 is 0 Å². The van der Waals surface area contributed by atoms with Crippen molar-refractivity contribution in [3.05, 3.63) is 54.1 Å². The number of carbonyl (C=O) groups excluding carboxylic acids is 2. The fourth-order valence-corrected chi connectivity index (χ4v) is 1.71. The Morgan fingerprint density at radius 1 is 1.05 bits per heavy atom. The number of hydrogen-bond acceptors (Lipinski definition) is 2. The van der Waals surface area contributed by atoms with E-state index in [0.717, 1.165) is 0 Å². The van der Waals surface area contributed by atoms with Crippen LogP contribution in [0.4, 0.5) is 0 Å². The second kappa shape index (κ2) is 6.14. The van der Waals surface area contributed by atoms with Gasteiger partial charge in [-0.2, -0.15) is 0 Å². The van der Waals surface area contributed by atoms with Crippen LogP contribution in [0.3, 0.4) is 0 Å². The fourth-order valence-electron chi connectivity index (χ4n) is 1.71. The summed E-state index contributed by atoms with van der Waals surface area (Å²) in [6.45, 7) is 10.5. The van der Waals surface area contributed by atoms with Gasteiger partial charge in [-0.15, -0.1) is 0 Å². The molecule has 2 amide bonds. The number of carbonyl (C=O) groups is 2. The highest BCUT2D eigenvalue weighted by atomic mass is 16.2. The first-order chi connectivity index (χ1) is 8.84. The lowest BCUT2D eigenvalue weighted by molar-refractivity contribution is -0.123. The number of nitrogens with one attached hydrogen (secondary N) is 1. The normalized spacial score (nSPS) is 13.6. The predicted molar refractivity (Wildman–Crippen MR) is 77.5 cm³/mol. The van der Waals surface area contributed by atoms with Gasteiger partial charge in [-0.1, -0.05) is 57.7 Å². The highest BCUT2D eigenvalue weighted by Crippen LogP contribution is 2.25. The largest absolute Gasteiger partial charge is 0.289 e. The van der Waals surface area contributed by atoms with Crippen molar-refractivity contribution in [3.63, 3.8) is 0 Å². The van der Waals surface area contributed by atoms with E-state index in [-0.39, 0.29) is 17.2 Å². The summed E-state index contributed by atoms with van der Waals surface area (Å²) in [5.74, 6) is -0.657. The first kappa shape index (κ1) is 14.9. The van der Waals surface area contributed by atoms with Crippen LogP contribution in [0, 0.1) is 0 Å². The van der Waals surface area contributed by atoms with Gasteiger partial charge in [-0.05, 0) is 16.5 Å². The van der Waals surface area contributed by atoms with E-state index >= 15 is 0 Å². The van der Waals surface area contributed by atoms with E-state index in [1.165, 1.54) is 23.3 Å². The van der Waals surface area contributed by atoms with Gasteiger partial charge in [-0.3, -0.25) is 14.9 Å². The molecule has 0 saturated heterocycles. The lowest BCUT2D eigenvalue weighted by atomic mass is 9.84. The van der Waals surface area contributed by atoms with Crippen molar-refractivity contribution in [1.29, 1.82) is 0 Å². The standard InChI is InChI=1S/C12H16.C4H3NO2/c1-5-10-8-6-7-9-11(10)12(2,3)4;6-3-1-2-4(7)5-3/h5-9H,1H2,2-4H3;1-2H,(H,5,6,7). The Kier molecular flexibility index (Phi) is 4.81. The van der Waals surface area contributed by atoms with E-state index in [1.54, 1.807) is 0 Å². The molecule has 0 spiro atoms. The van der Waals surface area contributed by atoms with E-state index in [1.807, 2.05) is 17.5 Å². The fraction of sp³-hybridized carbons (Fsp3) is 0.250. The summed E-state index contributed by atoms with van der Waals surface area (Å²) < 4.78 is 0. The molecule has 19 heavy (non-hydrogen) atoms. The van der Waals surface area contributed by atoms with E-state index in [4.69, 9.17) is 0 Å². The topological polar surface area (TPSA) is 46.2 Å². The number of imide groups is 1. The molecule has 100 valence electrons. The first-order valence-corrected chi connectivity index (χ1v) is 6.09. The Hall–Kier alpha value is -2.16. The van der Waals surface area contributed by atoms with Gasteiger partial charge in [0.2, 0.25) is 0 Å². The van der Waals surface area contributed by atoms with Crippen LogP contribution in [-0.2, 0) is 15.0 Å². The van der Waals surface area contributed by atoms with Crippen molar-refractivity contribution in [1.82, 2.24) is 5.32 Å². The molecule has 1 aliphatic rings. The first-order valence-electron chi connectivity index (χ1n) is 6.09. The SMILES string of the molecule is C=Cc1ccccc1C(C)(C)C.O=C1C=CC(=O)N1. The molecular formula is C16H19NO2. The second-order valence-electron chi connectivity index (χ2n) is 5.23. The summed E-state index contributed by atoms with van der Waals surface area (Å²) in [7, 11) is 0. The smallest absolute Gasteiger partial charge is 0.250 e. The Bertz CT molecular complexity index is 506. The number of benzene rings is 1. The van der Waals surface area contributed by atoms with Crippen LogP contribution < -0.4 is 5.32 Å². The molecule has 0 radical (unpaired) electrons. The third-order valence-electron chi connectivity index (χ3n) is 2.62. The maximum atomic E-state index is 10.0. The monoisotopic (exact) mass is 257 g/mol. The molecule has 0 bridgehead atoms. The van der Waals surface area contributed by atoms with E-state index in [2.05, 4.69) is 45.5 Å². The van der Waals surface area contributed by atoms with E-state index < -0.39 is 0 Å². The zero-order valence-electron chi connectivity index (χ0n) is 11.6. The number of hydrogen-bond donors (Lipinski definition) is 1. The van der Waals surface area contributed by atoms with Crippen molar-refractivity contribution >= 4 is 17.9 Å². The minimum Gasteiger partial charge on any atom is -0.289 e. The second-order valence-corrected chi connectivity index (χ2v) is 5.23. The molecule has 0 fully saturated rings. The van der Waals surface area contributed by atoms with Crippen LogP contribution in [0.2, 0.25) is 0 Å². The Labute approximate surface area is 114 Å². The van der Waals surface area contributed by atoms with Crippen LogP contribution in [0.5, 0.6) is 0 Å². The summed E-state index contributed by atoms with van der Waals surface area (Å²) in [5.41, 5.74) is 2.81. The molecular weight excluding hydrogens is 238 g/mol. The van der Waals surface area contributed by atoms with E-state index in [0.29, 0.717) is 0 Å². The molecule has 3 nitrogen and oxygen atoms in total. The molecule has 1 aliphatic heterocycles. The number of rotatable bonds is 1. The Balaban J connectivity index is 0.000000218. The lowest BCUT2D eigenvalue weighted by Crippen LogP contribution is -2.19. The quantitative estimate of drug-likeness (QED) is 0.786. The van der Waals surface area contributed by atoms with Crippen molar-refractivity contribution in [2.24, 2.45) is 0 Å². The van der Waals surface area contributed by atoms with Crippen molar-refractivity contribution < 1.29 is 9.59 Å². The van der Waals surface area contributed by atoms with Gasteiger partial charge in [0.05, 0.1) is 0 Å². The molecule has 0 atom stereocenters. The zero-order chi connectivity index (χ0) is 14.5. The average molecular weight is 257 g/mol. The molecule has 0 aromatic heterocycles. The zero-order valence-corrected chi connectivity index (χ0v) is 11.6. The van der Waals surface area contributed by atoms with Gasteiger partial charge in [0.1, 0.15) is 0 Å². The Morgan fingerprint density at radius 3 is 1.89 bits per heavy atom. The maximum absolute atomic E-state index is 10.0. The number of amides is 2. The summed E-state index contributed by atoms with van der Waals surface area (Å²) in [6, 6.07) is 8.39. The van der Waals surface area contributed by atoms with Crippen molar-refractivity contribution in [3.8, 4) is 0 Å². The molecule has 1 heterocycles. The van der Waals surface area contributed by atoms with E-state index in [9.17, 15) is 9.59 Å². The molecule has 0 unspecified atom stereocenters. The molecule has 0 aliphatic carbocycles. The van der Waals surface area contributed by atoms with Gasteiger partial charge in [-0.25, -0.2) is 0 Å². The predicted octanol–water partition coefficient (Wildman–Crippen LogP) is 2.83. The highest BCUT2D eigenvalue weighted by molar-refractivity contribution is 6.12. The molecule has 1 aromatic carbocycles. The van der Waals surface area contributed by atoms with Crippen LogP contribution in [-0.4, -0.2) is 11.8 Å². The maximum Gasteiger partial charge on any atom is 0.250 e. The summed E-state index contributed by atoms with van der Waals surface area (Å²) >= 11 is 0. The molecule has 1 aromatic rings. The van der Waals surface area contributed by atoms with Crippen molar-refractivity contribution in [2.45, 2.75) is 26.2 Å². The van der Waals surface area contributed by atoms with Gasteiger partial charge >= 0.3 is 0 Å². The molecule has 1 N–H and O–H groups in total. The van der Waals surface area contributed by atoms with Gasteiger partial charge in [0, 0.05) is 12.2 Å². The third-order valence-corrected chi connectivity index (χ3v) is 2.62. The van der Waals surface area contributed by atoms with Crippen LogP contribution in [0.15, 0.2) is 43.0 Å². The molecule has 3 heteroatoms. The molecule has 0 saturated carbocycles. The van der Waals surface area contributed by atoms with Gasteiger partial charge in [0.25, 0.3) is 11.8 Å². The van der Waals surface area contributed by atoms with Crippen molar-refractivity contribution in [2.75, 3.05) is 0 Å². The Morgan fingerprint density at radius 2 is 1.58 bits per heavy atom. The lowest BCUT2D eigenvalue weighted by Gasteiger charge is -2.21. The summed E-state index contributed by atoms with van der Waals surface area (Å²) in [4.78, 5) is 20.1. The summed E-state index contributed by atoms with van der Waals surface area (Å²) in [5, 5.41) is 2.03. The van der Waals surface area contributed by atoms with Gasteiger partial charge in [0.15, 0.2) is 0 Å². The van der Waals surface area contributed by atoms with Gasteiger partial charge < -0.3 is 0 Å². The minimum atomic E-state index is -0.329. The highest BCUT2D eigenvalue weighted by Gasteiger charge is 2.15. The van der Waals surface area contributed by atoms with Crippen LogP contribution in [0.1, 0.15) is 31.9 Å².